The van der Waals surface area contributed by atoms with Gasteiger partial charge in [-0.2, -0.15) is 5.26 Å². The van der Waals surface area contributed by atoms with E-state index in [1.807, 2.05) is 18.2 Å². The Labute approximate surface area is 192 Å². The number of nitrogens with zero attached hydrogens (tertiary/aromatic N) is 4. The maximum atomic E-state index is 14.6. The molecule has 164 valence electrons. The van der Waals surface area contributed by atoms with Crippen LogP contribution in [0.4, 0.5) is 14.5 Å². The number of hydrogen-bond donors (Lipinski definition) is 1. The lowest BCUT2D eigenvalue weighted by molar-refractivity contribution is -0.113. The first kappa shape index (κ1) is 22.2. The van der Waals surface area contributed by atoms with Crippen LogP contribution in [0, 0.1) is 23.0 Å². The summed E-state index contributed by atoms with van der Waals surface area (Å²) in [7, 11) is 0. The number of carbonyl (C=O) groups is 1. The van der Waals surface area contributed by atoms with Crippen molar-refractivity contribution >= 4 is 23.4 Å². The Morgan fingerprint density at radius 2 is 1.79 bits per heavy atom. The normalized spacial score (nSPS) is 10.6. The van der Waals surface area contributed by atoms with Gasteiger partial charge in [-0.15, -0.1) is 10.2 Å². The van der Waals surface area contributed by atoms with Gasteiger partial charge in [0.1, 0.15) is 11.6 Å². The number of hydrogen-bond acceptors (Lipinski definition) is 5. The van der Waals surface area contributed by atoms with E-state index >= 15 is 0 Å². The van der Waals surface area contributed by atoms with E-state index in [2.05, 4.69) is 21.6 Å². The molecule has 4 aromatic rings. The molecule has 0 saturated heterocycles. The summed E-state index contributed by atoms with van der Waals surface area (Å²) < 4.78 is 29.6. The van der Waals surface area contributed by atoms with Crippen LogP contribution in [-0.4, -0.2) is 26.4 Å². The number of nitrogens with one attached hydrogen (secondary N) is 1. The number of nitriles is 1. The van der Waals surface area contributed by atoms with Gasteiger partial charge < -0.3 is 5.32 Å². The third-order valence-electron chi connectivity index (χ3n) is 4.67. The van der Waals surface area contributed by atoms with Gasteiger partial charge in [-0.25, -0.2) is 8.78 Å². The van der Waals surface area contributed by atoms with E-state index in [-0.39, 0.29) is 17.3 Å². The van der Waals surface area contributed by atoms with Crippen LogP contribution in [0.3, 0.4) is 0 Å². The van der Waals surface area contributed by atoms with Crippen molar-refractivity contribution in [1.29, 1.82) is 5.26 Å². The largest absolute Gasteiger partial charge is 0.325 e. The Balaban J connectivity index is 1.57. The van der Waals surface area contributed by atoms with E-state index < -0.39 is 11.6 Å². The van der Waals surface area contributed by atoms with Gasteiger partial charge in [0.25, 0.3) is 0 Å². The van der Waals surface area contributed by atoms with E-state index in [1.165, 1.54) is 10.6 Å². The maximum Gasteiger partial charge on any atom is 0.234 e. The van der Waals surface area contributed by atoms with E-state index in [4.69, 9.17) is 5.26 Å². The van der Waals surface area contributed by atoms with Crippen LogP contribution in [0.15, 0.2) is 78.0 Å². The fourth-order valence-corrected chi connectivity index (χ4v) is 3.89. The van der Waals surface area contributed by atoms with E-state index in [1.54, 1.807) is 36.4 Å². The first-order valence-corrected chi connectivity index (χ1v) is 10.9. The van der Waals surface area contributed by atoms with Gasteiger partial charge in [-0.05, 0) is 29.8 Å². The minimum absolute atomic E-state index is 0.00428. The molecule has 9 heteroatoms. The minimum Gasteiger partial charge on any atom is -0.325 e. The highest BCUT2D eigenvalue weighted by atomic mass is 32.2. The zero-order chi connectivity index (χ0) is 23.2. The van der Waals surface area contributed by atoms with Gasteiger partial charge in [0.15, 0.2) is 11.0 Å². The molecule has 1 aromatic heterocycles. The molecule has 0 atom stereocenters. The molecule has 4 rings (SSSR count). The lowest BCUT2D eigenvalue weighted by atomic mass is 10.1. The van der Waals surface area contributed by atoms with Crippen molar-refractivity contribution < 1.29 is 13.6 Å². The second-order valence-electron chi connectivity index (χ2n) is 6.97. The van der Waals surface area contributed by atoms with Crippen LogP contribution in [0.5, 0.6) is 0 Å². The summed E-state index contributed by atoms with van der Waals surface area (Å²) >= 11 is 1.08. The second kappa shape index (κ2) is 10.1. The van der Waals surface area contributed by atoms with Crippen molar-refractivity contribution in [3.63, 3.8) is 0 Å². The van der Waals surface area contributed by atoms with Crippen LogP contribution in [0.2, 0.25) is 0 Å². The molecule has 0 unspecified atom stereocenters. The molecule has 0 aliphatic heterocycles. The first-order chi connectivity index (χ1) is 16.0. The summed E-state index contributed by atoms with van der Waals surface area (Å²) in [6, 6.07) is 21.4. The fourth-order valence-electron chi connectivity index (χ4n) is 3.14. The topological polar surface area (TPSA) is 83.6 Å². The molecule has 6 nitrogen and oxygen atoms in total. The zero-order valence-corrected chi connectivity index (χ0v) is 18.0. The molecule has 0 saturated carbocycles. The molecule has 0 spiro atoms. The molecule has 0 aliphatic rings. The second-order valence-corrected chi connectivity index (χ2v) is 7.91. The molecule has 1 amide bonds. The van der Waals surface area contributed by atoms with Crippen molar-refractivity contribution in [1.82, 2.24) is 14.8 Å². The summed E-state index contributed by atoms with van der Waals surface area (Å²) in [5.41, 5.74) is 2.23. The maximum absolute atomic E-state index is 14.6. The Morgan fingerprint density at radius 1 is 1.03 bits per heavy atom. The van der Waals surface area contributed by atoms with Crippen molar-refractivity contribution in [3.05, 3.63) is 90.0 Å². The van der Waals surface area contributed by atoms with Gasteiger partial charge in [-0.1, -0.05) is 54.2 Å². The highest BCUT2D eigenvalue weighted by molar-refractivity contribution is 7.99. The highest BCUT2D eigenvalue weighted by Gasteiger charge is 2.20. The number of anilines is 1. The average Bonchev–Trinajstić information content (AvgIpc) is 3.23. The van der Waals surface area contributed by atoms with Crippen LogP contribution < -0.4 is 5.32 Å². The lowest BCUT2D eigenvalue weighted by Gasteiger charge is -2.11. The lowest BCUT2D eigenvalue weighted by Crippen LogP contribution is -2.14. The van der Waals surface area contributed by atoms with Crippen molar-refractivity contribution in [3.8, 4) is 23.1 Å². The number of amides is 1. The van der Waals surface area contributed by atoms with Crippen molar-refractivity contribution in [2.45, 2.75) is 11.6 Å². The van der Waals surface area contributed by atoms with Crippen LogP contribution >= 0.6 is 11.8 Å². The standard InChI is InChI=1S/C24H17F2N5OS/c25-18-8-11-21(20(26)14-18)31-23(17-4-2-1-3-5-17)29-30-24(31)33-15-22(32)28-19-9-6-16(7-10-19)12-13-27/h1-11,14H,12,15H2,(H,28,32). The number of carbonyl (C=O) groups excluding carboxylic acids is 1. The molecular weight excluding hydrogens is 444 g/mol. The Kier molecular flexibility index (Phi) is 6.76. The predicted molar refractivity (Wildman–Crippen MR) is 122 cm³/mol. The van der Waals surface area contributed by atoms with E-state index in [0.717, 1.165) is 29.5 Å². The van der Waals surface area contributed by atoms with Gasteiger partial charge in [0.2, 0.25) is 5.91 Å². The molecule has 0 bridgehead atoms. The SMILES string of the molecule is N#CCc1ccc(NC(=O)CSc2nnc(-c3ccccc3)n2-c2ccc(F)cc2F)cc1. The monoisotopic (exact) mass is 461 g/mol. The third-order valence-corrected chi connectivity index (χ3v) is 5.60. The molecular formula is C24H17F2N5OS. The summed E-state index contributed by atoms with van der Waals surface area (Å²) in [5, 5.41) is 20.1. The highest BCUT2D eigenvalue weighted by Crippen LogP contribution is 2.29. The molecule has 0 fully saturated rings. The van der Waals surface area contributed by atoms with Gasteiger partial charge >= 0.3 is 0 Å². The minimum atomic E-state index is -0.768. The van der Waals surface area contributed by atoms with Crippen LogP contribution in [0.1, 0.15) is 5.56 Å². The fraction of sp³-hybridized carbons (Fsp3) is 0.0833. The smallest absolute Gasteiger partial charge is 0.234 e. The third kappa shape index (κ3) is 5.25. The number of thioether (sulfide) groups is 1. The van der Waals surface area contributed by atoms with Crippen molar-refractivity contribution in [2.75, 3.05) is 11.1 Å². The molecule has 0 aliphatic carbocycles. The molecule has 1 heterocycles. The van der Waals surface area contributed by atoms with Crippen LogP contribution in [-0.2, 0) is 11.2 Å². The average molecular weight is 461 g/mol. The molecule has 1 N–H and O–H groups in total. The Hall–Kier alpha value is -4.03. The number of rotatable bonds is 7. The molecule has 33 heavy (non-hydrogen) atoms. The number of benzene rings is 3. The van der Waals surface area contributed by atoms with Gasteiger partial charge in [0, 0.05) is 17.3 Å². The molecule has 0 radical (unpaired) electrons. The number of halogens is 2. The zero-order valence-electron chi connectivity index (χ0n) is 17.2. The van der Waals surface area contributed by atoms with Gasteiger partial charge in [-0.3, -0.25) is 9.36 Å². The first-order valence-electron chi connectivity index (χ1n) is 9.90. The van der Waals surface area contributed by atoms with E-state index in [9.17, 15) is 13.6 Å². The predicted octanol–water partition coefficient (Wildman–Crippen LogP) is 5.01. The quantitative estimate of drug-likeness (QED) is 0.391. The van der Waals surface area contributed by atoms with E-state index in [0.29, 0.717) is 28.7 Å². The Morgan fingerprint density at radius 3 is 2.48 bits per heavy atom. The summed E-state index contributed by atoms with van der Waals surface area (Å²) in [6.07, 6.45) is 0.295. The molecule has 3 aromatic carbocycles. The Bertz CT molecular complexity index is 1320. The van der Waals surface area contributed by atoms with Gasteiger partial charge in [0.05, 0.1) is 23.9 Å². The summed E-state index contributed by atoms with van der Waals surface area (Å²) in [6.45, 7) is 0. The summed E-state index contributed by atoms with van der Waals surface area (Å²) in [5.74, 6) is -1.38. The van der Waals surface area contributed by atoms with Crippen LogP contribution in [0.25, 0.3) is 17.1 Å². The van der Waals surface area contributed by atoms with Crippen molar-refractivity contribution in [2.24, 2.45) is 0 Å². The number of aromatic nitrogens is 3. The summed E-state index contributed by atoms with van der Waals surface area (Å²) in [4.78, 5) is 12.5.